The highest BCUT2D eigenvalue weighted by Crippen LogP contribution is 2.21. The summed E-state index contributed by atoms with van der Waals surface area (Å²) in [4.78, 5) is 42.0. The third-order valence-corrected chi connectivity index (χ3v) is 5.56. The average Bonchev–Trinajstić information content (AvgIpc) is 2.81. The van der Waals surface area contributed by atoms with Gasteiger partial charge in [-0.2, -0.15) is 0 Å². The van der Waals surface area contributed by atoms with Crippen LogP contribution < -0.4 is 10.9 Å². The molecule has 8 heteroatoms. The monoisotopic (exact) mass is 351 g/mol. The van der Waals surface area contributed by atoms with Gasteiger partial charge in [0.1, 0.15) is 5.56 Å². The first kappa shape index (κ1) is 18.1. The van der Waals surface area contributed by atoms with Crippen LogP contribution in [0.25, 0.3) is 4.96 Å². The maximum atomic E-state index is 12.6. The highest BCUT2D eigenvalue weighted by molar-refractivity contribution is 7.17. The number of amides is 1. The van der Waals surface area contributed by atoms with Crippen molar-refractivity contribution in [2.45, 2.75) is 52.5 Å². The number of carboxylic acid groups (broad SMARTS) is 1. The molecule has 0 aromatic carbocycles. The Hall–Kier alpha value is -2.22. The van der Waals surface area contributed by atoms with E-state index in [0.29, 0.717) is 17.8 Å². The molecular formula is C16H21N3O4S. The SMILES string of the molecule is CCC(CC)(CC(=O)O)NC(=O)c1cnc2sc(C)c(C)n2c1=O. The predicted octanol–water partition coefficient (Wildman–Crippen LogP) is 2.14. The van der Waals surface area contributed by atoms with Crippen molar-refractivity contribution in [1.29, 1.82) is 0 Å². The van der Waals surface area contributed by atoms with Crippen LogP contribution in [0.1, 0.15) is 54.0 Å². The van der Waals surface area contributed by atoms with Crippen LogP contribution in [0.3, 0.4) is 0 Å². The van der Waals surface area contributed by atoms with Crippen LogP contribution in [0.5, 0.6) is 0 Å². The highest BCUT2D eigenvalue weighted by Gasteiger charge is 2.32. The van der Waals surface area contributed by atoms with Crippen molar-refractivity contribution in [2.75, 3.05) is 0 Å². The van der Waals surface area contributed by atoms with E-state index >= 15 is 0 Å². The van der Waals surface area contributed by atoms with Crippen molar-refractivity contribution in [3.8, 4) is 0 Å². The number of hydrogen-bond acceptors (Lipinski definition) is 5. The van der Waals surface area contributed by atoms with Crippen molar-refractivity contribution in [1.82, 2.24) is 14.7 Å². The molecular weight excluding hydrogens is 330 g/mol. The molecule has 0 aliphatic carbocycles. The third-order valence-electron chi connectivity index (χ3n) is 4.48. The summed E-state index contributed by atoms with van der Waals surface area (Å²) >= 11 is 1.39. The fourth-order valence-electron chi connectivity index (χ4n) is 2.65. The number of carbonyl (C=O) groups excluding carboxylic acids is 1. The van der Waals surface area contributed by atoms with Crippen molar-refractivity contribution >= 4 is 28.2 Å². The van der Waals surface area contributed by atoms with Crippen molar-refractivity contribution in [3.63, 3.8) is 0 Å². The molecule has 0 unspecified atom stereocenters. The fraction of sp³-hybridized carbons (Fsp3) is 0.500. The summed E-state index contributed by atoms with van der Waals surface area (Å²) in [6.45, 7) is 7.32. The van der Waals surface area contributed by atoms with E-state index in [9.17, 15) is 14.4 Å². The Bertz CT molecular complexity index is 849. The Kier molecular flexibility index (Phi) is 5.08. The number of nitrogens with zero attached hydrogens (tertiary/aromatic N) is 2. The lowest BCUT2D eigenvalue weighted by Crippen LogP contribution is -2.50. The number of rotatable bonds is 6. The molecule has 1 amide bonds. The molecule has 2 N–H and O–H groups in total. The standard InChI is InChI=1S/C16H21N3O4S/c1-5-16(6-2,7-12(20)21)18-13(22)11-8-17-15-19(14(11)23)9(3)10(4)24-15/h8H,5-7H2,1-4H3,(H,18,22)(H,20,21). The third kappa shape index (κ3) is 3.19. The number of carbonyl (C=O) groups is 2. The van der Waals surface area contributed by atoms with Gasteiger partial charge in [0.15, 0.2) is 4.96 Å². The molecule has 0 aliphatic heterocycles. The van der Waals surface area contributed by atoms with Crippen LogP contribution in [0.4, 0.5) is 0 Å². The maximum absolute atomic E-state index is 12.6. The van der Waals surface area contributed by atoms with Crippen LogP contribution in [-0.4, -0.2) is 31.9 Å². The van der Waals surface area contributed by atoms with Crippen molar-refractivity contribution in [3.05, 3.63) is 32.7 Å². The molecule has 0 radical (unpaired) electrons. The normalized spacial score (nSPS) is 11.7. The van der Waals surface area contributed by atoms with Crippen molar-refractivity contribution in [2.24, 2.45) is 0 Å². The van der Waals surface area contributed by atoms with Gasteiger partial charge >= 0.3 is 5.97 Å². The topological polar surface area (TPSA) is 101 Å². The molecule has 130 valence electrons. The Morgan fingerprint density at radius 1 is 1.33 bits per heavy atom. The van der Waals surface area contributed by atoms with Gasteiger partial charge in [-0.15, -0.1) is 11.3 Å². The lowest BCUT2D eigenvalue weighted by atomic mass is 9.88. The molecule has 24 heavy (non-hydrogen) atoms. The van der Waals surface area contributed by atoms with Gasteiger partial charge in [-0.05, 0) is 26.7 Å². The molecule has 2 rings (SSSR count). The molecule has 2 aromatic rings. The minimum absolute atomic E-state index is 0.0786. The molecule has 7 nitrogen and oxygen atoms in total. The van der Waals surface area contributed by atoms with Crippen molar-refractivity contribution < 1.29 is 14.7 Å². The number of hydrogen-bond donors (Lipinski definition) is 2. The first-order valence-corrected chi connectivity index (χ1v) is 8.58. The molecule has 0 saturated carbocycles. The Balaban J connectivity index is 2.44. The van der Waals surface area contributed by atoms with Gasteiger partial charge in [0.05, 0.1) is 12.0 Å². The zero-order valence-electron chi connectivity index (χ0n) is 14.2. The number of nitrogens with one attached hydrogen (secondary N) is 1. The lowest BCUT2D eigenvalue weighted by Gasteiger charge is -2.31. The average molecular weight is 351 g/mol. The highest BCUT2D eigenvalue weighted by atomic mass is 32.1. The van der Waals surface area contributed by atoms with Crippen LogP contribution in [0.15, 0.2) is 11.0 Å². The van der Waals surface area contributed by atoms with Gasteiger partial charge in [0, 0.05) is 16.8 Å². The van der Waals surface area contributed by atoms with E-state index in [2.05, 4.69) is 10.3 Å². The van der Waals surface area contributed by atoms with Crippen LogP contribution in [-0.2, 0) is 4.79 Å². The molecule has 2 heterocycles. The minimum atomic E-state index is -0.992. The number of thiazole rings is 1. The zero-order valence-corrected chi connectivity index (χ0v) is 15.0. The summed E-state index contributed by atoms with van der Waals surface area (Å²) in [5.74, 6) is -1.58. The molecule has 0 aliphatic rings. The number of fused-ring (bicyclic) bond motifs is 1. The quantitative estimate of drug-likeness (QED) is 0.830. The van der Waals surface area contributed by atoms with E-state index in [1.165, 1.54) is 21.9 Å². The largest absolute Gasteiger partial charge is 0.481 e. The fourth-order valence-corrected chi connectivity index (χ4v) is 3.58. The number of carboxylic acids is 1. The van der Waals surface area contributed by atoms with E-state index < -0.39 is 23.0 Å². The predicted molar refractivity (Wildman–Crippen MR) is 91.8 cm³/mol. The number of aryl methyl sites for hydroxylation is 2. The Morgan fingerprint density at radius 3 is 2.50 bits per heavy atom. The second kappa shape index (κ2) is 6.72. The minimum Gasteiger partial charge on any atom is -0.481 e. The van der Waals surface area contributed by atoms with Gasteiger partial charge < -0.3 is 10.4 Å². The lowest BCUT2D eigenvalue weighted by molar-refractivity contribution is -0.138. The smallest absolute Gasteiger partial charge is 0.305 e. The van der Waals surface area contributed by atoms with E-state index in [-0.39, 0.29) is 12.0 Å². The second-order valence-corrected chi connectivity index (χ2v) is 7.03. The number of aliphatic carboxylic acids is 1. The van der Waals surface area contributed by atoms with Crippen LogP contribution in [0.2, 0.25) is 0 Å². The first-order valence-electron chi connectivity index (χ1n) is 7.76. The summed E-state index contributed by atoms with van der Waals surface area (Å²) in [6, 6.07) is 0. The maximum Gasteiger partial charge on any atom is 0.305 e. The molecule has 0 fully saturated rings. The molecule has 0 atom stereocenters. The van der Waals surface area contributed by atoms with Crippen LogP contribution >= 0.6 is 11.3 Å². The van der Waals surface area contributed by atoms with Gasteiger partial charge in [-0.3, -0.25) is 18.8 Å². The van der Waals surface area contributed by atoms with E-state index in [1.54, 1.807) is 6.92 Å². The summed E-state index contributed by atoms with van der Waals surface area (Å²) in [5, 5.41) is 11.8. The zero-order chi connectivity index (χ0) is 18.1. The first-order chi connectivity index (χ1) is 11.2. The number of aromatic nitrogens is 2. The van der Waals surface area contributed by atoms with E-state index in [1.807, 2.05) is 20.8 Å². The summed E-state index contributed by atoms with van der Waals surface area (Å²) < 4.78 is 1.42. The van der Waals surface area contributed by atoms with E-state index in [4.69, 9.17) is 5.11 Å². The van der Waals surface area contributed by atoms with Gasteiger partial charge in [0.2, 0.25) is 0 Å². The molecule has 0 bridgehead atoms. The summed E-state index contributed by atoms with van der Waals surface area (Å²) in [5.41, 5.74) is -0.639. The van der Waals surface area contributed by atoms with Crippen LogP contribution in [0, 0.1) is 13.8 Å². The molecule has 2 aromatic heterocycles. The van der Waals surface area contributed by atoms with Gasteiger partial charge in [-0.25, -0.2) is 4.98 Å². The van der Waals surface area contributed by atoms with Gasteiger partial charge in [0.25, 0.3) is 11.5 Å². The Morgan fingerprint density at radius 2 is 1.96 bits per heavy atom. The van der Waals surface area contributed by atoms with Gasteiger partial charge in [-0.1, -0.05) is 13.8 Å². The summed E-state index contributed by atoms with van der Waals surface area (Å²) in [7, 11) is 0. The molecule has 0 spiro atoms. The summed E-state index contributed by atoms with van der Waals surface area (Å²) in [6.07, 6.45) is 1.98. The molecule has 0 saturated heterocycles. The Labute approximate surface area is 143 Å². The van der Waals surface area contributed by atoms with E-state index in [0.717, 1.165) is 10.6 Å². The second-order valence-electron chi connectivity index (χ2n) is 5.85.